The fraction of sp³-hybridized carbons (Fsp3) is 0.588. The Morgan fingerprint density at radius 2 is 2.36 bits per heavy atom. The fourth-order valence-electron chi connectivity index (χ4n) is 2.77. The minimum absolute atomic E-state index is 0.167. The third-order valence-electron chi connectivity index (χ3n) is 3.94. The van der Waals surface area contributed by atoms with E-state index in [1.165, 1.54) is 6.07 Å². The molecule has 0 bridgehead atoms. The molecule has 1 heterocycles. The van der Waals surface area contributed by atoms with Crippen molar-refractivity contribution in [1.82, 2.24) is 10.2 Å². The quantitative estimate of drug-likeness (QED) is 0.498. The number of hydrogen-bond acceptors (Lipinski definition) is 2. The minimum Gasteiger partial charge on any atom is -0.381 e. The predicted molar refractivity (Wildman–Crippen MR) is 87.6 cm³/mol. The van der Waals surface area contributed by atoms with Gasteiger partial charge in [0, 0.05) is 39.7 Å². The number of nitrogens with one attached hydrogen (secondary N) is 1. The van der Waals surface area contributed by atoms with Crippen molar-refractivity contribution in [3.05, 3.63) is 35.6 Å². The van der Waals surface area contributed by atoms with E-state index in [0.717, 1.165) is 57.1 Å². The molecule has 1 aromatic rings. The first-order valence-corrected chi connectivity index (χ1v) is 7.93. The van der Waals surface area contributed by atoms with E-state index in [0.29, 0.717) is 5.92 Å². The molecule has 1 aromatic carbocycles. The van der Waals surface area contributed by atoms with Gasteiger partial charge in [-0.05, 0) is 37.0 Å². The Morgan fingerprint density at radius 1 is 1.50 bits per heavy atom. The molecule has 0 aliphatic carbocycles. The Hall–Kier alpha value is -1.62. The molecule has 0 radical (unpaired) electrons. The van der Waals surface area contributed by atoms with E-state index >= 15 is 0 Å². The van der Waals surface area contributed by atoms with Crippen molar-refractivity contribution < 1.29 is 9.13 Å². The van der Waals surface area contributed by atoms with E-state index in [-0.39, 0.29) is 5.82 Å². The van der Waals surface area contributed by atoms with Gasteiger partial charge in [-0.15, -0.1) is 0 Å². The van der Waals surface area contributed by atoms with E-state index in [1.807, 2.05) is 6.07 Å². The molecule has 122 valence electrons. The van der Waals surface area contributed by atoms with Gasteiger partial charge in [0.25, 0.3) is 0 Å². The zero-order valence-electron chi connectivity index (χ0n) is 13.5. The van der Waals surface area contributed by atoms with Gasteiger partial charge in [-0.25, -0.2) is 4.39 Å². The van der Waals surface area contributed by atoms with E-state index in [2.05, 4.69) is 22.3 Å². The average molecular weight is 307 g/mol. The Kier molecular flexibility index (Phi) is 6.65. The lowest BCUT2D eigenvalue weighted by atomic mass is 10.1. The van der Waals surface area contributed by atoms with Gasteiger partial charge < -0.3 is 15.0 Å². The molecular weight excluding hydrogens is 281 g/mol. The summed E-state index contributed by atoms with van der Waals surface area (Å²) in [6.45, 7) is 3.51. The standard InChI is InChI=1S/C17H26FN3O/c1-19-17(21(2)12-15-8-10-22-13-15)20-9-4-6-14-5-3-7-16(18)11-14/h3,5,7,11,15H,4,6,8-10,12-13H2,1-2H3,(H,19,20). The molecule has 1 aliphatic rings. The highest BCUT2D eigenvalue weighted by molar-refractivity contribution is 5.79. The van der Waals surface area contributed by atoms with Crippen LogP contribution in [0.4, 0.5) is 4.39 Å². The number of halogens is 1. The van der Waals surface area contributed by atoms with Crippen LogP contribution in [-0.4, -0.2) is 51.3 Å². The van der Waals surface area contributed by atoms with Crippen molar-refractivity contribution in [2.45, 2.75) is 19.3 Å². The SMILES string of the molecule is CN=C(NCCCc1cccc(F)c1)N(C)CC1CCOC1. The number of guanidine groups is 1. The van der Waals surface area contributed by atoms with Crippen LogP contribution in [0.5, 0.6) is 0 Å². The van der Waals surface area contributed by atoms with Crippen LogP contribution in [0.15, 0.2) is 29.3 Å². The number of benzene rings is 1. The minimum atomic E-state index is -0.167. The molecule has 1 saturated heterocycles. The van der Waals surface area contributed by atoms with E-state index in [1.54, 1.807) is 19.2 Å². The normalized spacial score (nSPS) is 18.5. The Balaban J connectivity index is 1.69. The molecule has 0 aromatic heterocycles. The third kappa shape index (κ3) is 5.30. The van der Waals surface area contributed by atoms with Crippen molar-refractivity contribution in [2.75, 3.05) is 40.4 Å². The smallest absolute Gasteiger partial charge is 0.193 e. The second kappa shape index (κ2) is 8.73. The number of hydrogen-bond donors (Lipinski definition) is 1. The summed E-state index contributed by atoms with van der Waals surface area (Å²) in [5.41, 5.74) is 1.04. The summed E-state index contributed by atoms with van der Waals surface area (Å²) in [4.78, 5) is 6.47. The van der Waals surface area contributed by atoms with E-state index < -0.39 is 0 Å². The van der Waals surface area contributed by atoms with Gasteiger partial charge in [0.1, 0.15) is 5.82 Å². The summed E-state index contributed by atoms with van der Waals surface area (Å²) >= 11 is 0. The summed E-state index contributed by atoms with van der Waals surface area (Å²) in [5.74, 6) is 1.33. The fourth-order valence-corrected chi connectivity index (χ4v) is 2.77. The van der Waals surface area contributed by atoms with Gasteiger partial charge in [0.2, 0.25) is 0 Å². The maximum Gasteiger partial charge on any atom is 0.193 e. The lowest BCUT2D eigenvalue weighted by Crippen LogP contribution is -2.41. The molecule has 5 heteroatoms. The molecular formula is C17H26FN3O. The zero-order chi connectivity index (χ0) is 15.8. The van der Waals surface area contributed by atoms with Crippen molar-refractivity contribution in [3.63, 3.8) is 0 Å². The summed E-state index contributed by atoms with van der Waals surface area (Å²) in [6, 6.07) is 6.80. The second-order valence-corrected chi connectivity index (χ2v) is 5.82. The molecule has 1 N–H and O–H groups in total. The van der Waals surface area contributed by atoms with Crippen LogP contribution in [0.25, 0.3) is 0 Å². The summed E-state index contributed by atoms with van der Waals surface area (Å²) < 4.78 is 18.5. The second-order valence-electron chi connectivity index (χ2n) is 5.82. The van der Waals surface area contributed by atoms with Crippen LogP contribution in [0.2, 0.25) is 0 Å². The molecule has 1 aliphatic heterocycles. The number of ether oxygens (including phenoxy) is 1. The largest absolute Gasteiger partial charge is 0.381 e. The first-order valence-electron chi connectivity index (χ1n) is 7.93. The van der Waals surface area contributed by atoms with E-state index in [9.17, 15) is 4.39 Å². The van der Waals surface area contributed by atoms with Crippen LogP contribution < -0.4 is 5.32 Å². The van der Waals surface area contributed by atoms with Crippen molar-refractivity contribution in [1.29, 1.82) is 0 Å². The number of rotatable bonds is 6. The van der Waals surface area contributed by atoms with Crippen LogP contribution in [-0.2, 0) is 11.2 Å². The van der Waals surface area contributed by atoms with Gasteiger partial charge in [-0.2, -0.15) is 0 Å². The molecule has 2 rings (SSSR count). The molecule has 22 heavy (non-hydrogen) atoms. The van der Waals surface area contributed by atoms with Gasteiger partial charge in [0.15, 0.2) is 5.96 Å². The molecule has 1 fully saturated rings. The van der Waals surface area contributed by atoms with Gasteiger partial charge >= 0.3 is 0 Å². The lowest BCUT2D eigenvalue weighted by Gasteiger charge is -2.24. The number of nitrogens with zero attached hydrogens (tertiary/aromatic N) is 2. The highest BCUT2D eigenvalue weighted by atomic mass is 19.1. The number of aliphatic imine (C=N–C) groups is 1. The predicted octanol–water partition coefficient (Wildman–Crippen LogP) is 2.30. The summed E-state index contributed by atoms with van der Waals surface area (Å²) in [6.07, 6.45) is 2.94. The van der Waals surface area contributed by atoms with Crippen molar-refractivity contribution in [3.8, 4) is 0 Å². The van der Waals surface area contributed by atoms with Crippen LogP contribution in [0, 0.1) is 11.7 Å². The molecule has 4 nitrogen and oxygen atoms in total. The van der Waals surface area contributed by atoms with Crippen molar-refractivity contribution >= 4 is 5.96 Å². The van der Waals surface area contributed by atoms with Crippen molar-refractivity contribution in [2.24, 2.45) is 10.9 Å². The monoisotopic (exact) mass is 307 g/mol. The van der Waals surface area contributed by atoms with Gasteiger partial charge in [-0.1, -0.05) is 12.1 Å². The van der Waals surface area contributed by atoms with Gasteiger partial charge in [0.05, 0.1) is 6.61 Å². The third-order valence-corrected chi connectivity index (χ3v) is 3.94. The highest BCUT2D eigenvalue weighted by Crippen LogP contribution is 2.13. The highest BCUT2D eigenvalue weighted by Gasteiger charge is 2.18. The Morgan fingerprint density at radius 3 is 3.05 bits per heavy atom. The Bertz CT molecular complexity index is 487. The summed E-state index contributed by atoms with van der Waals surface area (Å²) in [5, 5.41) is 3.37. The van der Waals surface area contributed by atoms with E-state index in [4.69, 9.17) is 4.74 Å². The molecule has 0 saturated carbocycles. The maximum atomic E-state index is 13.1. The first kappa shape index (κ1) is 16.7. The summed E-state index contributed by atoms with van der Waals surface area (Å²) in [7, 11) is 3.86. The molecule has 1 unspecified atom stereocenters. The maximum absolute atomic E-state index is 13.1. The molecule has 0 spiro atoms. The van der Waals surface area contributed by atoms with Crippen LogP contribution in [0.3, 0.4) is 0 Å². The van der Waals surface area contributed by atoms with Crippen LogP contribution >= 0.6 is 0 Å². The van der Waals surface area contributed by atoms with Crippen LogP contribution in [0.1, 0.15) is 18.4 Å². The number of aryl methyl sites for hydroxylation is 1. The first-order chi connectivity index (χ1) is 10.7. The van der Waals surface area contributed by atoms with Gasteiger partial charge in [-0.3, -0.25) is 4.99 Å². The average Bonchev–Trinajstić information content (AvgIpc) is 3.00. The topological polar surface area (TPSA) is 36.9 Å². The Labute approximate surface area is 132 Å². The lowest BCUT2D eigenvalue weighted by molar-refractivity contribution is 0.181. The molecule has 0 amide bonds. The zero-order valence-corrected chi connectivity index (χ0v) is 13.5. The molecule has 1 atom stereocenters.